The van der Waals surface area contributed by atoms with Crippen molar-refractivity contribution in [3.05, 3.63) is 95.7 Å². The number of nitrogens with zero attached hydrogens (tertiary/aromatic N) is 1. The monoisotopic (exact) mass is 323 g/mol. The molecular weight excluding hydrogens is 310 g/mol. The summed E-state index contributed by atoms with van der Waals surface area (Å²) in [5.41, 5.74) is 0.839. The van der Waals surface area contributed by atoms with E-state index in [-0.39, 0.29) is 5.03 Å². The molecule has 1 aromatic heterocycles. The zero-order valence-corrected chi connectivity index (χ0v) is 12.9. The van der Waals surface area contributed by atoms with E-state index in [1.54, 1.807) is 12.1 Å². The third-order valence-electron chi connectivity index (χ3n) is 3.98. The van der Waals surface area contributed by atoms with E-state index in [0.29, 0.717) is 5.56 Å². The van der Waals surface area contributed by atoms with Gasteiger partial charge < -0.3 is 0 Å². The molecule has 4 rings (SSSR count). The summed E-state index contributed by atoms with van der Waals surface area (Å²) in [6, 6.07) is 22.2. The third kappa shape index (κ3) is 2.01. The normalized spacial score (nSPS) is 17.6. The molecule has 0 fully saturated rings. The van der Waals surface area contributed by atoms with Crippen LogP contribution in [0.3, 0.4) is 0 Å². The Hall–Kier alpha value is -2.50. The lowest BCUT2D eigenvalue weighted by atomic mass is 9.81. The van der Waals surface area contributed by atoms with Gasteiger partial charge in [0.2, 0.25) is 0 Å². The highest BCUT2D eigenvalue weighted by Gasteiger charge is 2.52. The highest BCUT2D eigenvalue weighted by molar-refractivity contribution is 7.87. The van der Waals surface area contributed by atoms with Crippen LogP contribution < -0.4 is 0 Å². The molecule has 0 saturated carbocycles. The largest absolute Gasteiger partial charge is 0.316 e. The maximum atomic E-state index is 12.5. The summed E-state index contributed by atoms with van der Waals surface area (Å²) in [6.45, 7) is 0. The molecule has 0 aliphatic carbocycles. The highest BCUT2D eigenvalue weighted by Crippen LogP contribution is 2.49. The molecule has 0 bridgehead atoms. The van der Waals surface area contributed by atoms with Gasteiger partial charge in [-0.15, -0.1) is 0 Å². The first-order chi connectivity index (χ1) is 11.1. The van der Waals surface area contributed by atoms with Gasteiger partial charge in [-0.3, -0.25) is 0 Å². The van der Waals surface area contributed by atoms with Crippen molar-refractivity contribution < 1.29 is 12.6 Å². The number of rotatable bonds is 2. The number of hydrogen-bond donors (Lipinski definition) is 0. The fourth-order valence-corrected chi connectivity index (χ4v) is 4.39. The average Bonchev–Trinajstić information content (AvgIpc) is 2.86. The molecule has 4 nitrogen and oxygen atoms in total. The van der Waals surface area contributed by atoms with Crippen LogP contribution in [-0.2, 0) is 19.9 Å². The van der Waals surface area contributed by atoms with Gasteiger partial charge in [0, 0.05) is 11.8 Å². The number of benzene rings is 2. The van der Waals surface area contributed by atoms with Crippen LogP contribution in [0.1, 0.15) is 16.7 Å². The van der Waals surface area contributed by atoms with Gasteiger partial charge in [0.15, 0.2) is 10.6 Å². The van der Waals surface area contributed by atoms with Gasteiger partial charge in [-0.2, -0.15) is 8.42 Å². The zero-order chi connectivity index (χ0) is 15.9. The molecule has 2 heterocycles. The Labute approximate surface area is 134 Å². The van der Waals surface area contributed by atoms with Gasteiger partial charge in [-0.05, 0) is 17.2 Å². The standard InChI is InChI=1S/C18H13NO3S/c20-23(21)17-16(12-7-13-19-17)18(22-23,14-8-3-1-4-9-14)15-10-5-2-6-11-15/h1-13H. The number of pyridine rings is 1. The molecule has 0 atom stereocenters. The van der Waals surface area contributed by atoms with E-state index < -0.39 is 15.7 Å². The fraction of sp³-hybridized carbons (Fsp3) is 0.0556. The maximum absolute atomic E-state index is 12.5. The molecule has 23 heavy (non-hydrogen) atoms. The summed E-state index contributed by atoms with van der Waals surface area (Å²) in [5, 5.41) is -0.0206. The predicted octanol–water partition coefficient (Wildman–Crippen LogP) is 3.09. The Kier molecular flexibility index (Phi) is 3.07. The molecule has 0 saturated heterocycles. The molecule has 0 spiro atoms. The molecule has 114 valence electrons. The van der Waals surface area contributed by atoms with Crippen molar-refractivity contribution in [2.75, 3.05) is 0 Å². The molecule has 3 aromatic rings. The van der Waals surface area contributed by atoms with E-state index in [1.165, 1.54) is 6.20 Å². The Morgan fingerprint density at radius 3 is 1.91 bits per heavy atom. The smallest absolute Gasteiger partial charge is 0.244 e. The van der Waals surface area contributed by atoms with Crippen LogP contribution >= 0.6 is 0 Å². The van der Waals surface area contributed by atoms with Gasteiger partial charge in [0.1, 0.15) is 0 Å². The van der Waals surface area contributed by atoms with Crippen molar-refractivity contribution in [2.45, 2.75) is 10.6 Å². The first-order valence-electron chi connectivity index (χ1n) is 7.17. The van der Waals surface area contributed by atoms with Crippen molar-refractivity contribution in [1.82, 2.24) is 4.98 Å². The summed E-state index contributed by atoms with van der Waals surface area (Å²) in [6.07, 6.45) is 1.46. The summed E-state index contributed by atoms with van der Waals surface area (Å²) in [5.74, 6) is 0. The van der Waals surface area contributed by atoms with Crippen molar-refractivity contribution >= 4 is 10.1 Å². The van der Waals surface area contributed by atoms with Crippen LogP contribution in [-0.4, -0.2) is 13.4 Å². The van der Waals surface area contributed by atoms with Gasteiger partial charge in [0.25, 0.3) is 0 Å². The fourth-order valence-electron chi connectivity index (χ4n) is 3.03. The van der Waals surface area contributed by atoms with Crippen LogP contribution in [0.4, 0.5) is 0 Å². The molecule has 0 unspecified atom stereocenters. The number of hydrogen-bond acceptors (Lipinski definition) is 4. The topological polar surface area (TPSA) is 56.3 Å². The summed E-state index contributed by atoms with van der Waals surface area (Å²) >= 11 is 0. The van der Waals surface area contributed by atoms with Gasteiger partial charge in [-0.1, -0.05) is 66.7 Å². The molecule has 0 N–H and O–H groups in total. The second-order valence-corrected chi connectivity index (χ2v) is 6.77. The molecular formula is C18H13NO3S. The summed E-state index contributed by atoms with van der Waals surface area (Å²) in [4.78, 5) is 4.05. The van der Waals surface area contributed by atoms with E-state index in [2.05, 4.69) is 4.98 Å². The van der Waals surface area contributed by atoms with Crippen molar-refractivity contribution in [3.63, 3.8) is 0 Å². The number of fused-ring (bicyclic) bond motifs is 1. The molecule has 2 aromatic carbocycles. The van der Waals surface area contributed by atoms with E-state index in [4.69, 9.17) is 4.18 Å². The Balaban J connectivity index is 2.12. The van der Waals surface area contributed by atoms with Crippen LogP contribution in [0, 0.1) is 0 Å². The minimum absolute atomic E-state index is 0.0206. The lowest BCUT2D eigenvalue weighted by molar-refractivity contribution is 0.180. The lowest BCUT2D eigenvalue weighted by Gasteiger charge is -2.28. The quantitative estimate of drug-likeness (QED) is 0.680. The molecule has 5 heteroatoms. The second-order valence-electron chi connectivity index (χ2n) is 5.31. The predicted molar refractivity (Wildman–Crippen MR) is 85.3 cm³/mol. The molecule has 1 aliphatic heterocycles. The molecule has 0 radical (unpaired) electrons. The molecule has 0 amide bonds. The van der Waals surface area contributed by atoms with Gasteiger partial charge in [0.05, 0.1) is 0 Å². The lowest BCUT2D eigenvalue weighted by Crippen LogP contribution is -2.29. The van der Waals surface area contributed by atoms with Gasteiger partial charge >= 0.3 is 10.1 Å². The minimum Gasteiger partial charge on any atom is -0.244 e. The summed E-state index contributed by atoms with van der Waals surface area (Å²) in [7, 11) is -3.92. The first kappa shape index (κ1) is 14.1. The minimum atomic E-state index is -3.92. The van der Waals surface area contributed by atoms with Crippen LogP contribution in [0.2, 0.25) is 0 Å². The van der Waals surface area contributed by atoms with E-state index in [1.807, 2.05) is 60.7 Å². The highest BCUT2D eigenvalue weighted by atomic mass is 32.2. The summed E-state index contributed by atoms with van der Waals surface area (Å²) < 4.78 is 30.7. The Morgan fingerprint density at radius 2 is 1.35 bits per heavy atom. The molecule has 1 aliphatic rings. The van der Waals surface area contributed by atoms with Crippen LogP contribution in [0.25, 0.3) is 0 Å². The van der Waals surface area contributed by atoms with Crippen molar-refractivity contribution in [2.24, 2.45) is 0 Å². The Morgan fingerprint density at radius 1 is 0.783 bits per heavy atom. The maximum Gasteiger partial charge on any atom is 0.316 e. The van der Waals surface area contributed by atoms with Gasteiger partial charge in [-0.25, -0.2) is 9.17 Å². The van der Waals surface area contributed by atoms with Crippen molar-refractivity contribution in [1.29, 1.82) is 0 Å². The third-order valence-corrected chi connectivity index (χ3v) is 5.25. The number of aromatic nitrogens is 1. The average molecular weight is 323 g/mol. The van der Waals surface area contributed by atoms with Crippen LogP contribution in [0.15, 0.2) is 84.0 Å². The van der Waals surface area contributed by atoms with E-state index in [9.17, 15) is 8.42 Å². The SMILES string of the molecule is O=S1(=O)OC(c2ccccc2)(c2ccccc2)c2cccnc21. The zero-order valence-electron chi connectivity index (χ0n) is 12.1. The van der Waals surface area contributed by atoms with Crippen LogP contribution in [0.5, 0.6) is 0 Å². The first-order valence-corrected chi connectivity index (χ1v) is 8.58. The van der Waals surface area contributed by atoms with Crippen molar-refractivity contribution in [3.8, 4) is 0 Å². The second kappa shape index (κ2) is 5.01. The van der Waals surface area contributed by atoms with E-state index in [0.717, 1.165) is 11.1 Å². The van der Waals surface area contributed by atoms with E-state index >= 15 is 0 Å². The Bertz CT molecular complexity index is 914.